The molecular formula is C45H57IrN2O2S-. The molecule has 0 bridgehead atoms. The average Bonchev–Trinajstić information content (AvgIpc) is 3.53. The fourth-order valence-electron chi connectivity index (χ4n) is 6.19. The van der Waals surface area contributed by atoms with Crippen LogP contribution < -0.4 is 0 Å². The third-order valence-corrected chi connectivity index (χ3v) is 11.6. The SMILES string of the molecule is CC(C)Cc1ccc2c(-c3cc(-c4[c-]c5ccccc5c(C(C)(C)C)c4)ncn3)csc2c1.CCC(C)(CC)C(=O)/C=C(\O)C(C)(CC)CC.[Ir]. The second-order valence-corrected chi connectivity index (χ2v) is 16.6. The van der Waals surface area contributed by atoms with Gasteiger partial charge in [0.15, 0.2) is 5.78 Å². The zero-order valence-corrected chi connectivity index (χ0v) is 35.7. The van der Waals surface area contributed by atoms with Crippen LogP contribution in [0.25, 0.3) is 43.4 Å². The predicted molar refractivity (Wildman–Crippen MR) is 215 cm³/mol. The Morgan fingerprint density at radius 1 is 0.843 bits per heavy atom. The maximum atomic E-state index is 12.2. The number of nitrogens with zero attached hydrogens (tertiary/aromatic N) is 2. The maximum Gasteiger partial charge on any atom is 0.164 e. The number of hydrogen-bond donors (Lipinski definition) is 1. The number of aliphatic hydroxyl groups is 1. The van der Waals surface area contributed by atoms with Crippen LogP contribution in [-0.2, 0) is 36.7 Å². The molecule has 2 heterocycles. The quantitative estimate of drug-likeness (QED) is 0.0815. The molecule has 0 aliphatic heterocycles. The smallest absolute Gasteiger partial charge is 0.164 e. The van der Waals surface area contributed by atoms with E-state index in [1.54, 1.807) is 17.7 Å². The van der Waals surface area contributed by atoms with Gasteiger partial charge in [-0.3, -0.25) is 9.78 Å². The zero-order chi connectivity index (χ0) is 36.9. The number of carbonyl (C=O) groups excluding carboxylic acids is 1. The van der Waals surface area contributed by atoms with Crippen molar-refractivity contribution in [2.24, 2.45) is 16.7 Å². The van der Waals surface area contributed by atoms with E-state index >= 15 is 0 Å². The number of carbonyl (C=O) groups is 1. The summed E-state index contributed by atoms with van der Waals surface area (Å²) < 4.78 is 1.32. The van der Waals surface area contributed by atoms with Crippen molar-refractivity contribution >= 4 is 38.0 Å². The van der Waals surface area contributed by atoms with E-state index < -0.39 is 0 Å². The van der Waals surface area contributed by atoms with Crippen molar-refractivity contribution < 1.29 is 30.0 Å². The van der Waals surface area contributed by atoms with Crippen molar-refractivity contribution in [2.75, 3.05) is 0 Å². The summed E-state index contributed by atoms with van der Waals surface area (Å²) in [6.07, 6.45) is 7.54. The summed E-state index contributed by atoms with van der Waals surface area (Å²) in [5.41, 5.74) is 6.19. The Morgan fingerprint density at radius 3 is 2.08 bits per heavy atom. The Bertz CT molecular complexity index is 1960. The molecule has 275 valence electrons. The van der Waals surface area contributed by atoms with Crippen molar-refractivity contribution in [1.29, 1.82) is 0 Å². The maximum absolute atomic E-state index is 12.2. The van der Waals surface area contributed by atoms with Crippen LogP contribution in [0, 0.1) is 22.8 Å². The fourth-order valence-corrected chi connectivity index (χ4v) is 7.21. The van der Waals surface area contributed by atoms with Crippen molar-refractivity contribution in [3.8, 4) is 22.5 Å². The molecule has 0 aliphatic carbocycles. The number of aromatic nitrogens is 2. The van der Waals surface area contributed by atoms with Crippen LogP contribution >= 0.6 is 11.3 Å². The van der Waals surface area contributed by atoms with E-state index in [9.17, 15) is 9.90 Å². The van der Waals surface area contributed by atoms with Gasteiger partial charge in [-0.1, -0.05) is 117 Å². The van der Waals surface area contributed by atoms with Gasteiger partial charge in [-0.05, 0) is 61.1 Å². The molecule has 0 saturated heterocycles. The third kappa shape index (κ3) is 9.83. The van der Waals surface area contributed by atoms with Gasteiger partial charge in [0.05, 0.1) is 5.69 Å². The number of rotatable bonds is 11. The van der Waals surface area contributed by atoms with Crippen LogP contribution in [0.1, 0.15) is 113 Å². The second-order valence-electron chi connectivity index (χ2n) is 15.7. The Hall–Kier alpha value is -3.18. The standard InChI is InChI=1S/C30H29N2S.C15H28O2.Ir/c1-19(2)12-20-10-11-24-25(17-33-29(24)13-20)28-16-27(31-18-32-28)22-14-21-8-6-7-9-23(21)26(15-22)30(3,4)5;1-7-14(5,8-2)12(16)11-13(17)15(6,9-3)10-4;/h6-11,13,15-19H,12H2,1-5H3;11,16H,7-10H2,1-6H3;/q-1;;/b;12-11-;. The third-order valence-electron chi connectivity index (χ3n) is 10.7. The molecule has 3 aromatic carbocycles. The van der Waals surface area contributed by atoms with E-state index in [-0.39, 0.29) is 47.9 Å². The topological polar surface area (TPSA) is 63.1 Å². The van der Waals surface area contributed by atoms with E-state index in [0.717, 1.165) is 54.4 Å². The molecule has 51 heavy (non-hydrogen) atoms. The Balaban J connectivity index is 0.000000335. The number of hydrogen-bond acceptors (Lipinski definition) is 5. The molecule has 0 aliphatic rings. The Kier molecular flexibility index (Phi) is 14.5. The molecule has 0 fully saturated rings. The van der Waals surface area contributed by atoms with Crippen molar-refractivity contribution in [1.82, 2.24) is 9.97 Å². The van der Waals surface area contributed by atoms with Gasteiger partial charge in [0.1, 0.15) is 12.1 Å². The van der Waals surface area contributed by atoms with Crippen molar-refractivity contribution in [3.63, 3.8) is 0 Å². The van der Waals surface area contributed by atoms with Gasteiger partial charge in [-0.2, -0.15) is 0 Å². The molecule has 0 amide bonds. The minimum Gasteiger partial charge on any atom is -0.512 e. The summed E-state index contributed by atoms with van der Waals surface area (Å²) in [7, 11) is 0. The second kappa shape index (κ2) is 17.6. The number of aliphatic hydroxyl groups excluding tert-OH is 1. The first kappa shape index (κ1) is 42.2. The largest absolute Gasteiger partial charge is 0.512 e. The number of benzene rings is 3. The molecule has 0 atom stereocenters. The number of thiophene rings is 1. The molecule has 6 heteroatoms. The molecule has 5 rings (SSSR count). The molecule has 5 aromatic rings. The van der Waals surface area contributed by atoms with Crippen LogP contribution in [0.15, 0.2) is 78.1 Å². The molecule has 0 unspecified atom stereocenters. The van der Waals surface area contributed by atoms with Gasteiger partial charge in [-0.25, -0.2) is 4.98 Å². The minimum absolute atomic E-state index is 0. The van der Waals surface area contributed by atoms with E-state index in [1.165, 1.54) is 38.2 Å². The average molecular weight is 882 g/mol. The van der Waals surface area contributed by atoms with E-state index in [2.05, 4.69) is 111 Å². The monoisotopic (exact) mass is 882 g/mol. The van der Waals surface area contributed by atoms with Gasteiger partial charge in [0.25, 0.3) is 0 Å². The summed E-state index contributed by atoms with van der Waals surface area (Å²) in [5, 5.41) is 16.0. The van der Waals surface area contributed by atoms with Gasteiger partial charge in [0, 0.05) is 63.7 Å². The van der Waals surface area contributed by atoms with Crippen LogP contribution in [-0.4, -0.2) is 20.9 Å². The first-order valence-corrected chi connectivity index (χ1v) is 19.2. The molecule has 2 aromatic heterocycles. The summed E-state index contributed by atoms with van der Waals surface area (Å²) in [6, 6.07) is 23.3. The number of allylic oxidation sites excluding steroid dienone is 2. The van der Waals surface area contributed by atoms with Crippen molar-refractivity contribution in [2.45, 2.75) is 114 Å². The molecule has 1 radical (unpaired) electrons. The van der Waals surface area contributed by atoms with Gasteiger partial charge >= 0.3 is 0 Å². The van der Waals surface area contributed by atoms with E-state index in [4.69, 9.17) is 0 Å². The predicted octanol–water partition coefficient (Wildman–Crippen LogP) is 13.1. The summed E-state index contributed by atoms with van der Waals surface area (Å²) in [5.74, 6) is 0.941. The Morgan fingerprint density at radius 2 is 1.47 bits per heavy atom. The molecule has 0 spiro atoms. The van der Waals surface area contributed by atoms with E-state index in [0.29, 0.717) is 5.92 Å². The Labute approximate surface area is 324 Å². The molecular weight excluding hydrogens is 825 g/mol. The molecule has 1 N–H and O–H groups in total. The summed E-state index contributed by atoms with van der Waals surface area (Å²) in [6.45, 7) is 23.4. The number of ketones is 1. The van der Waals surface area contributed by atoms with Crippen LogP contribution in [0.5, 0.6) is 0 Å². The fraction of sp³-hybridized carbons (Fsp3) is 0.444. The van der Waals surface area contributed by atoms with Gasteiger partial charge in [0.2, 0.25) is 0 Å². The first-order valence-electron chi connectivity index (χ1n) is 18.3. The summed E-state index contributed by atoms with van der Waals surface area (Å²) >= 11 is 1.79. The number of fused-ring (bicyclic) bond motifs is 2. The normalized spacial score (nSPS) is 12.5. The minimum atomic E-state index is -0.337. The zero-order valence-electron chi connectivity index (χ0n) is 32.5. The van der Waals surface area contributed by atoms with Crippen LogP contribution in [0.3, 0.4) is 0 Å². The van der Waals surface area contributed by atoms with Crippen LogP contribution in [0.4, 0.5) is 0 Å². The molecule has 4 nitrogen and oxygen atoms in total. The van der Waals surface area contributed by atoms with Gasteiger partial charge in [-0.15, -0.1) is 40.5 Å². The first-order chi connectivity index (χ1) is 23.6. The summed E-state index contributed by atoms with van der Waals surface area (Å²) in [4.78, 5) is 21.5. The van der Waals surface area contributed by atoms with E-state index in [1.807, 2.05) is 41.5 Å². The van der Waals surface area contributed by atoms with Crippen molar-refractivity contribution in [3.05, 3.63) is 95.3 Å². The van der Waals surface area contributed by atoms with Gasteiger partial charge < -0.3 is 5.11 Å². The molecule has 0 saturated carbocycles. The van der Waals surface area contributed by atoms with Crippen LogP contribution in [0.2, 0.25) is 0 Å².